The number of rotatable bonds is 3. The van der Waals surface area contributed by atoms with Gasteiger partial charge in [0.05, 0.1) is 5.69 Å². The maximum absolute atomic E-state index is 6.70. The maximum atomic E-state index is 6.70. The van der Waals surface area contributed by atoms with Crippen LogP contribution in [0.2, 0.25) is 0 Å². The molecule has 0 saturated carbocycles. The van der Waals surface area contributed by atoms with E-state index >= 15 is 0 Å². The van der Waals surface area contributed by atoms with Gasteiger partial charge < -0.3 is 19.1 Å². The average molecular weight is 561 g/mol. The summed E-state index contributed by atoms with van der Waals surface area (Å²) in [7, 11) is 0. The Labute approximate surface area is 252 Å². The number of aryl methyl sites for hydroxylation is 2. The lowest BCUT2D eigenvalue weighted by molar-refractivity contribution is 0.443. The summed E-state index contributed by atoms with van der Waals surface area (Å²) >= 11 is 0. The van der Waals surface area contributed by atoms with Gasteiger partial charge in [-0.05, 0) is 83.3 Å². The lowest BCUT2D eigenvalue weighted by atomic mass is 9.34. The topological polar surface area (TPSA) is 30.9 Å². The summed E-state index contributed by atoms with van der Waals surface area (Å²) in [6.07, 6.45) is 2.00. The van der Waals surface area contributed by atoms with Crippen molar-refractivity contribution in [3.05, 3.63) is 107 Å². The third kappa shape index (κ3) is 3.57. The van der Waals surface area contributed by atoms with Crippen molar-refractivity contribution in [3.63, 3.8) is 0 Å². The van der Waals surface area contributed by atoms with Crippen LogP contribution in [0.15, 0.2) is 84.9 Å². The average Bonchev–Trinajstić information content (AvgIpc) is 3.17. The Kier molecular flexibility index (Phi) is 5.18. The highest BCUT2D eigenvalue weighted by Crippen LogP contribution is 2.48. The van der Waals surface area contributed by atoms with Crippen LogP contribution in [-0.2, 0) is 12.8 Å². The molecular formula is C38H32BNO3. The van der Waals surface area contributed by atoms with Gasteiger partial charge in [-0.1, -0.05) is 64.1 Å². The first-order valence-corrected chi connectivity index (χ1v) is 15.5. The minimum atomic E-state index is 0.0126. The number of benzene rings is 5. The van der Waals surface area contributed by atoms with Crippen molar-refractivity contribution >= 4 is 40.2 Å². The van der Waals surface area contributed by atoms with Crippen LogP contribution < -0.4 is 35.5 Å². The molecule has 0 atom stereocenters. The van der Waals surface area contributed by atoms with Crippen molar-refractivity contribution in [2.45, 2.75) is 52.4 Å². The van der Waals surface area contributed by atoms with Crippen LogP contribution in [0.3, 0.4) is 0 Å². The second kappa shape index (κ2) is 8.93. The molecule has 4 nitrogen and oxygen atoms in total. The summed E-state index contributed by atoms with van der Waals surface area (Å²) in [6, 6.07) is 30.7. The second-order valence-corrected chi connectivity index (χ2v) is 12.9. The molecule has 0 spiro atoms. The zero-order valence-corrected chi connectivity index (χ0v) is 24.9. The number of anilines is 3. The molecule has 4 aliphatic rings. The highest BCUT2D eigenvalue weighted by atomic mass is 16.5. The third-order valence-electron chi connectivity index (χ3n) is 9.61. The van der Waals surface area contributed by atoms with E-state index in [1.165, 1.54) is 33.6 Å². The molecule has 4 heterocycles. The van der Waals surface area contributed by atoms with Gasteiger partial charge in [0.2, 0.25) is 0 Å². The summed E-state index contributed by atoms with van der Waals surface area (Å²) < 4.78 is 19.7. The molecule has 5 heteroatoms. The van der Waals surface area contributed by atoms with E-state index in [0.717, 1.165) is 69.4 Å². The molecular weight excluding hydrogens is 529 g/mol. The minimum Gasteiger partial charge on any atom is -0.458 e. The van der Waals surface area contributed by atoms with Crippen LogP contribution in [-0.4, -0.2) is 6.71 Å². The highest BCUT2D eigenvalue weighted by molar-refractivity contribution is 6.99. The Morgan fingerprint density at radius 1 is 0.535 bits per heavy atom. The van der Waals surface area contributed by atoms with Gasteiger partial charge in [0.1, 0.15) is 34.5 Å². The first kappa shape index (κ1) is 24.9. The van der Waals surface area contributed by atoms with E-state index in [-0.39, 0.29) is 6.71 Å². The van der Waals surface area contributed by atoms with E-state index in [1.54, 1.807) is 0 Å². The molecule has 0 radical (unpaired) electrons. The zero-order valence-electron chi connectivity index (χ0n) is 24.9. The molecule has 9 rings (SSSR count). The molecule has 0 amide bonds. The Balaban J connectivity index is 1.28. The molecule has 0 unspecified atom stereocenters. The van der Waals surface area contributed by atoms with Gasteiger partial charge in [-0.25, -0.2) is 0 Å². The molecule has 5 aromatic carbocycles. The molecule has 0 fully saturated rings. The van der Waals surface area contributed by atoms with E-state index in [2.05, 4.69) is 93.3 Å². The van der Waals surface area contributed by atoms with Gasteiger partial charge in [-0.3, -0.25) is 0 Å². The summed E-state index contributed by atoms with van der Waals surface area (Å²) in [6.45, 7) is 9.09. The van der Waals surface area contributed by atoms with Crippen LogP contribution in [0, 0.1) is 0 Å². The lowest BCUT2D eigenvalue weighted by Crippen LogP contribution is -2.59. The quantitative estimate of drug-likeness (QED) is 0.203. The van der Waals surface area contributed by atoms with Gasteiger partial charge in [0.15, 0.2) is 0 Å². The van der Waals surface area contributed by atoms with Crippen LogP contribution in [0.1, 0.15) is 61.8 Å². The fourth-order valence-corrected chi connectivity index (χ4v) is 7.37. The predicted octanol–water partition coefficient (Wildman–Crippen LogP) is 8.34. The molecule has 210 valence electrons. The zero-order chi connectivity index (χ0) is 29.0. The smallest absolute Gasteiger partial charge is 0.270 e. The van der Waals surface area contributed by atoms with E-state index in [4.69, 9.17) is 14.2 Å². The molecule has 4 aliphatic heterocycles. The van der Waals surface area contributed by atoms with Crippen LogP contribution in [0.25, 0.3) is 0 Å². The molecule has 0 aliphatic carbocycles. The summed E-state index contributed by atoms with van der Waals surface area (Å²) in [5.74, 6) is 6.03. The molecule has 0 aromatic heterocycles. The largest absolute Gasteiger partial charge is 0.458 e. The third-order valence-corrected chi connectivity index (χ3v) is 9.61. The fraction of sp³-hybridized carbons (Fsp3) is 0.211. The molecule has 5 aromatic rings. The van der Waals surface area contributed by atoms with E-state index in [0.29, 0.717) is 11.8 Å². The molecule has 43 heavy (non-hydrogen) atoms. The van der Waals surface area contributed by atoms with Crippen LogP contribution >= 0.6 is 0 Å². The van der Waals surface area contributed by atoms with Gasteiger partial charge in [-0.15, -0.1) is 0 Å². The van der Waals surface area contributed by atoms with Crippen LogP contribution in [0.5, 0.6) is 34.5 Å². The van der Waals surface area contributed by atoms with Crippen molar-refractivity contribution in [3.8, 4) is 34.5 Å². The van der Waals surface area contributed by atoms with Crippen LogP contribution in [0.4, 0.5) is 17.1 Å². The van der Waals surface area contributed by atoms with Gasteiger partial charge in [0, 0.05) is 39.9 Å². The Bertz CT molecular complexity index is 1860. The highest BCUT2D eigenvalue weighted by Gasteiger charge is 2.46. The predicted molar refractivity (Wildman–Crippen MR) is 174 cm³/mol. The van der Waals surface area contributed by atoms with E-state index < -0.39 is 0 Å². The maximum Gasteiger partial charge on any atom is 0.270 e. The first-order chi connectivity index (χ1) is 20.9. The van der Waals surface area contributed by atoms with Crippen molar-refractivity contribution in [2.24, 2.45) is 0 Å². The molecule has 0 bridgehead atoms. The van der Waals surface area contributed by atoms with Gasteiger partial charge in [-0.2, -0.15) is 0 Å². The summed E-state index contributed by atoms with van der Waals surface area (Å²) in [5.41, 5.74) is 12.2. The summed E-state index contributed by atoms with van der Waals surface area (Å²) in [4.78, 5) is 2.43. The molecule has 0 N–H and O–H groups in total. The lowest BCUT2D eigenvalue weighted by Gasteiger charge is -2.38. The Morgan fingerprint density at radius 3 is 1.40 bits per heavy atom. The first-order valence-electron chi connectivity index (χ1n) is 15.5. The second-order valence-electron chi connectivity index (χ2n) is 12.9. The summed E-state index contributed by atoms with van der Waals surface area (Å²) in [5, 5.41) is 0. The standard InChI is InChI=1S/C38H32BNO3/c1-21(2)23-13-15-28-25(17-23)11-12-26-18-24(22(3)4)14-16-29(26)40(28)27-19-34-38-35(20-27)43-33-10-6-8-31-37(33)39(38)36-30(41-31)7-5-9-32(36)42-34/h5-10,13-22H,11-12H2,1-4H3. The van der Waals surface area contributed by atoms with Crippen molar-refractivity contribution in [1.29, 1.82) is 0 Å². The normalized spacial score (nSPS) is 14.7. The fourth-order valence-electron chi connectivity index (χ4n) is 7.37. The SMILES string of the molecule is CC(C)c1ccc2c(c1)CCc1cc(C(C)C)ccc1N2c1cc2c3c(c1)Oc1cccc4c1B3c1c(cccc1O2)O4. The van der Waals surface area contributed by atoms with E-state index in [1.807, 2.05) is 24.3 Å². The van der Waals surface area contributed by atoms with Crippen molar-refractivity contribution in [2.75, 3.05) is 4.90 Å². The monoisotopic (exact) mass is 561 g/mol. The number of fused-ring (bicyclic) bond motifs is 2. The number of ether oxygens (including phenoxy) is 3. The van der Waals surface area contributed by atoms with E-state index in [9.17, 15) is 0 Å². The van der Waals surface area contributed by atoms with Crippen molar-refractivity contribution < 1.29 is 14.2 Å². The number of nitrogens with zero attached hydrogens (tertiary/aromatic N) is 1. The number of hydrogen-bond donors (Lipinski definition) is 0. The van der Waals surface area contributed by atoms with Gasteiger partial charge >= 0.3 is 0 Å². The minimum absolute atomic E-state index is 0.0126. The Hall–Kier alpha value is -4.64. The Morgan fingerprint density at radius 2 is 0.953 bits per heavy atom. The van der Waals surface area contributed by atoms with Crippen molar-refractivity contribution in [1.82, 2.24) is 0 Å². The van der Waals surface area contributed by atoms with Gasteiger partial charge in [0.25, 0.3) is 6.71 Å². The number of hydrogen-bond acceptors (Lipinski definition) is 4. The molecule has 0 saturated heterocycles.